The Bertz CT molecular complexity index is 445. The highest BCUT2D eigenvalue weighted by Crippen LogP contribution is 2.35. The molecule has 2 rings (SSSR count). The van der Waals surface area contributed by atoms with Crippen molar-refractivity contribution in [2.24, 2.45) is 0 Å². The summed E-state index contributed by atoms with van der Waals surface area (Å²) in [6, 6.07) is 3.55. The van der Waals surface area contributed by atoms with Crippen LogP contribution in [0.4, 0.5) is 0 Å². The van der Waals surface area contributed by atoms with Gasteiger partial charge in [-0.1, -0.05) is 6.92 Å². The second-order valence-corrected chi connectivity index (χ2v) is 3.86. The number of fused-ring (bicyclic) bond motifs is 1. The minimum Gasteiger partial charge on any atom is -0.508 e. The molecule has 0 spiro atoms. The lowest BCUT2D eigenvalue weighted by molar-refractivity contribution is 0.469. The SMILES string of the molecule is CCc1cc2c(O)csc2cc1O. The molecule has 1 heterocycles. The molecular formula is C10H10O2S. The number of aryl methyl sites for hydroxylation is 1. The predicted molar refractivity (Wildman–Crippen MR) is 54.5 cm³/mol. The number of thiophene rings is 1. The zero-order valence-corrected chi connectivity index (χ0v) is 8.06. The predicted octanol–water partition coefficient (Wildman–Crippen LogP) is 2.87. The number of benzene rings is 1. The van der Waals surface area contributed by atoms with Crippen LogP contribution in [0.3, 0.4) is 0 Å². The molecule has 0 saturated heterocycles. The highest BCUT2D eigenvalue weighted by molar-refractivity contribution is 7.17. The monoisotopic (exact) mass is 194 g/mol. The first-order valence-corrected chi connectivity index (χ1v) is 5.02. The fourth-order valence-corrected chi connectivity index (χ4v) is 2.21. The first-order valence-electron chi connectivity index (χ1n) is 4.14. The van der Waals surface area contributed by atoms with Gasteiger partial charge in [0.25, 0.3) is 0 Å². The van der Waals surface area contributed by atoms with E-state index in [0.29, 0.717) is 11.5 Å². The van der Waals surface area contributed by atoms with E-state index in [0.717, 1.165) is 22.1 Å². The van der Waals surface area contributed by atoms with Gasteiger partial charge in [-0.3, -0.25) is 0 Å². The van der Waals surface area contributed by atoms with Gasteiger partial charge in [-0.25, -0.2) is 0 Å². The molecule has 3 heteroatoms. The molecular weight excluding hydrogens is 184 g/mol. The van der Waals surface area contributed by atoms with Crippen LogP contribution in [0, 0.1) is 0 Å². The standard InChI is InChI=1S/C10H10O2S/c1-2-6-3-7-9(12)5-13-10(7)4-8(6)11/h3-5,11-12H,2H2,1H3. The summed E-state index contributed by atoms with van der Waals surface area (Å²) < 4.78 is 0.923. The normalized spacial score (nSPS) is 10.8. The van der Waals surface area contributed by atoms with Gasteiger partial charge in [-0.2, -0.15) is 0 Å². The van der Waals surface area contributed by atoms with Crippen molar-refractivity contribution in [1.29, 1.82) is 0 Å². The number of hydrogen-bond donors (Lipinski definition) is 2. The zero-order valence-electron chi connectivity index (χ0n) is 7.24. The molecule has 0 aliphatic carbocycles. The Kier molecular flexibility index (Phi) is 1.88. The molecule has 0 amide bonds. The van der Waals surface area contributed by atoms with Gasteiger partial charge in [0.05, 0.1) is 0 Å². The molecule has 0 aliphatic heterocycles. The molecule has 0 fully saturated rings. The highest BCUT2D eigenvalue weighted by atomic mass is 32.1. The molecule has 0 unspecified atom stereocenters. The lowest BCUT2D eigenvalue weighted by Gasteiger charge is -2.01. The summed E-state index contributed by atoms with van der Waals surface area (Å²) in [6.45, 7) is 1.98. The molecule has 2 nitrogen and oxygen atoms in total. The van der Waals surface area contributed by atoms with Gasteiger partial charge in [-0.05, 0) is 24.1 Å². The summed E-state index contributed by atoms with van der Waals surface area (Å²) in [5.41, 5.74) is 0.876. The van der Waals surface area contributed by atoms with Crippen LogP contribution in [0.2, 0.25) is 0 Å². The van der Waals surface area contributed by atoms with Crippen LogP contribution in [0.1, 0.15) is 12.5 Å². The average Bonchev–Trinajstić information content (AvgIpc) is 2.46. The van der Waals surface area contributed by atoms with Gasteiger partial charge >= 0.3 is 0 Å². The molecule has 2 aromatic rings. The zero-order chi connectivity index (χ0) is 9.42. The number of phenolic OH excluding ortho intramolecular Hbond substituents is 1. The molecule has 1 aromatic heterocycles. The van der Waals surface area contributed by atoms with Crippen LogP contribution in [0.15, 0.2) is 17.5 Å². The van der Waals surface area contributed by atoms with Crippen molar-refractivity contribution in [3.63, 3.8) is 0 Å². The maximum Gasteiger partial charge on any atom is 0.134 e. The molecule has 0 radical (unpaired) electrons. The summed E-state index contributed by atoms with van der Waals surface area (Å²) in [5.74, 6) is 0.617. The number of hydrogen-bond acceptors (Lipinski definition) is 3. The van der Waals surface area contributed by atoms with Crippen molar-refractivity contribution in [2.75, 3.05) is 0 Å². The Morgan fingerprint density at radius 1 is 1.23 bits per heavy atom. The van der Waals surface area contributed by atoms with Crippen molar-refractivity contribution >= 4 is 21.4 Å². The molecule has 68 valence electrons. The van der Waals surface area contributed by atoms with Gasteiger partial charge in [0.1, 0.15) is 11.5 Å². The van der Waals surface area contributed by atoms with Crippen LogP contribution in [-0.2, 0) is 6.42 Å². The Morgan fingerprint density at radius 2 is 2.00 bits per heavy atom. The summed E-state index contributed by atoms with van der Waals surface area (Å²) in [6.07, 6.45) is 0.775. The maximum atomic E-state index is 9.54. The van der Waals surface area contributed by atoms with Gasteiger partial charge in [0.2, 0.25) is 0 Å². The number of phenols is 1. The Hall–Kier alpha value is -1.22. The van der Waals surface area contributed by atoms with E-state index in [2.05, 4.69) is 0 Å². The molecule has 0 saturated carbocycles. The summed E-state index contributed by atoms with van der Waals surface area (Å²) in [4.78, 5) is 0. The van der Waals surface area contributed by atoms with Crippen LogP contribution in [0.25, 0.3) is 10.1 Å². The third kappa shape index (κ3) is 1.25. The van der Waals surface area contributed by atoms with Crippen molar-refractivity contribution < 1.29 is 10.2 Å². The van der Waals surface area contributed by atoms with E-state index in [4.69, 9.17) is 0 Å². The largest absolute Gasteiger partial charge is 0.508 e. The van der Waals surface area contributed by atoms with Crippen LogP contribution < -0.4 is 0 Å². The first-order chi connectivity index (χ1) is 6.22. The van der Waals surface area contributed by atoms with E-state index in [1.54, 1.807) is 11.4 Å². The fourth-order valence-electron chi connectivity index (χ4n) is 1.38. The lowest BCUT2D eigenvalue weighted by atomic mass is 10.1. The Morgan fingerprint density at radius 3 is 2.69 bits per heavy atom. The van der Waals surface area contributed by atoms with Gasteiger partial charge < -0.3 is 10.2 Å². The minimum absolute atomic E-state index is 0.301. The second kappa shape index (κ2) is 2.92. The lowest BCUT2D eigenvalue weighted by Crippen LogP contribution is -1.80. The van der Waals surface area contributed by atoms with Crippen molar-refractivity contribution in [3.05, 3.63) is 23.1 Å². The van der Waals surface area contributed by atoms with Crippen LogP contribution >= 0.6 is 11.3 Å². The molecule has 2 N–H and O–H groups in total. The topological polar surface area (TPSA) is 40.5 Å². The minimum atomic E-state index is 0.301. The van der Waals surface area contributed by atoms with Crippen LogP contribution in [-0.4, -0.2) is 10.2 Å². The second-order valence-electron chi connectivity index (χ2n) is 2.95. The third-order valence-corrected chi connectivity index (χ3v) is 3.07. The third-order valence-electron chi connectivity index (χ3n) is 2.14. The first kappa shape index (κ1) is 8.38. The van der Waals surface area contributed by atoms with Crippen LogP contribution in [0.5, 0.6) is 11.5 Å². The van der Waals surface area contributed by atoms with Gasteiger partial charge in [-0.15, -0.1) is 11.3 Å². The molecule has 0 bridgehead atoms. The van der Waals surface area contributed by atoms with Crippen molar-refractivity contribution in [2.45, 2.75) is 13.3 Å². The Labute approximate surface area is 80.1 Å². The number of aromatic hydroxyl groups is 2. The molecule has 13 heavy (non-hydrogen) atoms. The van der Waals surface area contributed by atoms with E-state index in [1.165, 1.54) is 11.3 Å². The molecule has 1 aromatic carbocycles. The summed E-state index contributed by atoms with van der Waals surface area (Å²) in [7, 11) is 0. The molecule has 0 aliphatic rings. The maximum absolute atomic E-state index is 9.54. The van der Waals surface area contributed by atoms with Gasteiger partial charge in [0.15, 0.2) is 0 Å². The smallest absolute Gasteiger partial charge is 0.134 e. The fraction of sp³-hybridized carbons (Fsp3) is 0.200. The Balaban J connectivity index is 2.77. The number of rotatable bonds is 1. The summed E-state index contributed by atoms with van der Waals surface area (Å²) in [5, 5.41) is 21.5. The average molecular weight is 194 g/mol. The van der Waals surface area contributed by atoms with E-state index in [1.807, 2.05) is 13.0 Å². The van der Waals surface area contributed by atoms with E-state index in [-0.39, 0.29) is 0 Å². The quantitative estimate of drug-likeness (QED) is 0.732. The van der Waals surface area contributed by atoms with Crippen molar-refractivity contribution in [3.8, 4) is 11.5 Å². The van der Waals surface area contributed by atoms with E-state index >= 15 is 0 Å². The van der Waals surface area contributed by atoms with E-state index < -0.39 is 0 Å². The van der Waals surface area contributed by atoms with Crippen molar-refractivity contribution in [1.82, 2.24) is 0 Å². The highest BCUT2D eigenvalue weighted by Gasteiger charge is 2.06. The molecule has 0 atom stereocenters. The van der Waals surface area contributed by atoms with E-state index in [9.17, 15) is 10.2 Å². The van der Waals surface area contributed by atoms with Gasteiger partial charge in [0, 0.05) is 15.5 Å². The summed E-state index contributed by atoms with van der Waals surface area (Å²) >= 11 is 1.44.